The SMILES string of the molecule is CCC1CCCCC1Nc1cc(Cl)c(Cl)cc1[N+](=O)[O-]. The lowest BCUT2D eigenvalue weighted by Gasteiger charge is -2.32. The minimum atomic E-state index is -0.422. The first-order chi connectivity index (χ1) is 9.52. The molecule has 6 heteroatoms. The summed E-state index contributed by atoms with van der Waals surface area (Å²) in [7, 11) is 0. The Labute approximate surface area is 128 Å². The Balaban J connectivity index is 2.27. The van der Waals surface area contributed by atoms with E-state index in [4.69, 9.17) is 23.2 Å². The summed E-state index contributed by atoms with van der Waals surface area (Å²) in [5.41, 5.74) is 0.453. The van der Waals surface area contributed by atoms with Crippen LogP contribution in [0.2, 0.25) is 10.0 Å². The van der Waals surface area contributed by atoms with Crippen LogP contribution in [0, 0.1) is 16.0 Å². The second-order valence-corrected chi connectivity index (χ2v) is 6.06. The minimum Gasteiger partial charge on any atom is -0.376 e. The summed E-state index contributed by atoms with van der Waals surface area (Å²) < 4.78 is 0. The van der Waals surface area contributed by atoms with Crippen LogP contribution in [0.5, 0.6) is 0 Å². The Morgan fingerprint density at radius 2 is 1.95 bits per heavy atom. The van der Waals surface area contributed by atoms with Crippen LogP contribution in [0.4, 0.5) is 11.4 Å². The third-order valence-corrected chi connectivity index (χ3v) is 4.73. The fourth-order valence-corrected chi connectivity index (χ4v) is 3.21. The topological polar surface area (TPSA) is 55.2 Å². The van der Waals surface area contributed by atoms with E-state index >= 15 is 0 Å². The number of anilines is 1. The van der Waals surface area contributed by atoms with E-state index < -0.39 is 4.92 Å². The largest absolute Gasteiger partial charge is 0.376 e. The molecular formula is C14H18Cl2N2O2. The van der Waals surface area contributed by atoms with E-state index in [1.807, 2.05) is 0 Å². The van der Waals surface area contributed by atoms with Gasteiger partial charge in [-0.2, -0.15) is 0 Å². The van der Waals surface area contributed by atoms with Gasteiger partial charge in [0, 0.05) is 12.1 Å². The van der Waals surface area contributed by atoms with Gasteiger partial charge >= 0.3 is 0 Å². The number of hydrogen-bond acceptors (Lipinski definition) is 3. The second kappa shape index (κ2) is 6.64. The van der Waals surface area contributed by atoms with Crippen molar-refractivity contribution >= 4 is 34.6 Å². The first-order valence-electron chi connectivity index (χ1n) is 6.93. The van der Waals surface area contributed by atoms with Gasteiger partial charge in [-0.3, -0.25) is 10.1 Å². The molecule has 0 bridgehead atoms. The Kier molecular flexibility index (Phi) is 5.11. The number of benzene rings is 1. The summed E-state index contributed by atoms with van der Waals surface area (Å²) in [5.74, 6) is 0.554. The zero-order chi connectivity index (χ0) is 14.7. The summed E-state index contributed by atoms with van der Waals surface area (Å²) in [5, 5.41) is 15.0. The molecule has 0 amide bonds. The van der Waals surface area contributed by atoms with Gasteiger partial charge in [-0.15, -0.1) is 0 Å². The van der Waals surface area contributed by atoms with Crippen LogP contribution in [0.1, 0.15) is 39.0 Å². The summed E-state index contributed by atoms with van der Waals surface area (Å²) in [6.07, 6.45) is 5.68. The minimum absolute atomic E-state index is 0.0140. The number of nitrogens with zero attached hydrogens (tertiary/aromatic N) is 1. The number of halogens is 2. The number of nitro groups is 1. The monoisotopic (exact) mass is 316 g/mol. The third kappa shape index (κ3) is 3.36. The third-order valence-electron chi connectivity index (χ3n) is 4.01. The molecule has 0 spiro atoms. The molecule has 1 fully saturated rings. The van der Waals surface area contributed by atoms with Gasteiger partial charge in [-0.05, 0) is 24.8 Å². The number of rotatable bonds is 4. The van der Waals surface area contributed by atoms with Crippen molar-refractivity contribution in [3.05, 3.63) is 32.3 Å². The van der Waals surface area contributed by atoms with E-state index in [2.05, 4.69) is 12.2 Å². The zero-order valence-corrected chi connectivity index (χ0v) is 12.9. The van der Waals surface area contributed by atoms with Crippen molar-refractivity contribution in [3.63, 3.8) is 0 Å². The Bertz CT molecular complexity index is 508. The second-order valence-electron chi connectivity index (χ2n) is 5.24. The Morgan fingerprint density at radius 1 is 1.30 bits per heavy atom. The number of nitrogens with one attached hydrogen (secondary N) is 1. The molecule has 1 N–H and O–H groups in total. The quantitative estimate of drug-likeness (QED) is 0.607. The average Bonchev–Trinajstić information content (AvgIpc) is 2.43. The van der Waals surface area contributed by atoms with E-state index in [9.17, 15) is 10.1 Å². The standard InChI is InChI=1S/C14H18Cl2N2O2/c1-2-9-5-3-4-6-12(9)17-13-7-10(15)11(16)8-14(13)18(19)20/h7-9,12,17H,2-6H2,1H3. The fraction of sp³-hybridized carbons (Fsp3) is 0.571. The molecule has 2 atom stereocenters. The molecular weight excluding hydrogens is 299 g/mol. The zero-order valence-electron chi connectivity index (χ0n) is 11.4. The van der Waals surface area contributed by atoms with Crippen molar-refractivity contribution < 1.29 is 4.92 Å². The molecule has 0 radical (unpaired) electrons. The summed E-state index contributed by atoms with van der Waals surface area (Å²) in [4.78, 5) is 10.7. The molecule has 20 heavy (non-hydrogen) atoms. The normalized spacial score (nSPS) is 22.6. The van der Waals surface area contributed by atoms with Crippen LogP contribution in [0.15, 0.2) is 12.1 Å². The molecule has 0 saturated heterocycles. The van der Waals surface area contributed by atoms with Crippen LogP contribution in [0.25, 0.3) is 0 Å². The van der Waals surface area contributed by atoms with Crippen LogP contribution < -0.4 is 5.32 Å². The van der Waals surface area contributed by atoms with Crippen molar-refractivity contribution in [1.82, 2.24) is 0 Å². The van der Waals surface area contributed by atoms with Gasteiger partial charge < -0.3 is 5.32 Å². The molecule has 2 rings (SSSR count). The summed E-state index contributed by atoms with van der Waals surface area (Å²) in [6.45, 7) is 2.16. The predicted octanol–water partition coefficient (Wildman–Crippen LogP) is 5.28. The molecule has 1 aliphatic rings. The van der Waals surface area contributed by atoms with Gasteiger partial charge in [0.25, 0.3) is 5.69 Å². The first kappa shape index (κ1) is 15.4. The van der Waals surface area contributed by atoms with Crippen LogP contribution >= 0.6 is 23.2 Å². The van der Waals surface area contributed by atoms with Crippen molar-refractivity contribution in [3.8, 4) is 0 Å². The molecule has 1 aromatic carbocycles. The Hall–Kier alpha value is -1.00. The van der Waals surface area contributed by atoms with Crippen molar-refractivity contribution in [2.24, 2.45) is 5.92 Å². The fourth-order valence-electron chi connectivity index (χ4n) is 2.89. The maximum atomic E-state index is 11.1. The molecule has 1 aromatic rings. The Morgan fingerprint density at radius 3 is 2.60 bits per heavy atom. The van der Waals surface area contributed by atoms with Gasteiger partial charge in [0.05, 0.1) is 15.0 Å². The lowest BCUT2D eigenvalue weighted by atomic mass is 9.83. The molecule has 1 aliphatic carbocycles. The molecule has 4 nitrogen and oxygen atoms in total. The van der Waals surface area contributed by atoms with Crippen molar-refractivity contribution in [2.45, 2.75) is 45.1 Å². The van der Waals surface area contributed by atoms with E-state index in [1.54, 1.807) is 6.07 Å². The average molecular weight is 317 g/mol. The van der Waals surface area contributed by atoms with Crippen molar-refractivity contribution in [2.75, 3.05) is 5.32 Å². The van der Waals surface area contributed by atoms with Crippen molar-refractivity contribution in [1.29, 1.82) is 0 Å². The molecule has 1 saturated carbocycles. The lowest BCUT2D eigenvalue weighted by Crippen LogP contribution is -2.32. The highest BCUT2D eigenvalue weighted by atomic mass is 35.5. The first-order valence-corrected chi connectivity index (χ1v) is 7.68. The van der Waals surface area contributed by atoms with Gasteiger partial charge in [0.1, 0.15) is 5.69 Å². The highest BCUT2D eigenvalue weighted by Gasteiger charge is 2.26. The lowest BCUT2D eigenvalue weighted by molar-refractivity contribution is -0.384. The maximum Gasteiger partial charge on any atom is 0.293 e. The van der Waals surface area contributed by atoms with E-state index in [-0.39, 0.29) is 16.8 Å². The maximum absolute atomic E-state index is 11.1. The number of hydrogen-bond donors (Lipinski definition) is 1. The van der Waals surface area contributed by atoms with Gasteiger partial charge in [-0.25, -0.2) is 0 Å². The van der Waals surface area contributed by atoms with Gasteiger partial charge in [0.2, 0.25) is 0 Å². The van der Waals surface area contributed by atoms with Crippen LogP contribution in [0.3, 0.4) is 0 Å². The van der Waals surface area contributed by atoms with Crippen LogP contribution in [-0.4, -0.2) is 11.0 Å². The number of nitro benzene ring substituents is 1. The summed E-state index contributed by atoms with van der Waals surface area (Å²) >= 11 is 11.8. The van der Waals surface area contributed by atoms with Gasteiger partial charge in [-0.1, -0.05) is 49.4 Å². The molecule has 2 unspecified atom stereocenters. The predicted molar refractivity (Wildman–Crippen MR) is 82.8 cm³/mol. The van der Waals surface area contributed by atoms with Gasteiger partial charge in [0.15, 0.2) is 0 Å². The van der Waals surface area contributed by atoms with E-state index in [0.29, 0.717) is 16.6 Å². The molecule has 0 heterocycles. The van der Waals surface area contributed by atoms with E-state index in [0.717, 1.165) is 19.3 Å². The molecule has 110 valence electrons. The highest BCUT2D eigenvalue weighted by Crippen LogP contribution is 2.37. The molecule has 0 aromatic heterocycles. The highest BCUT2D eigenvalue weighted by molar-refractivity contribution is 6.42. The molecule has 0 aliphatic heterocycles. The smallest absolute Gasteiger partial charge is 0.293 e. The van der Waals surface area contributed by atoms with E-state index in [1.165, 1.54) is 18.9 Å². The summed E-state index contributed by atoms with van der Waals surface area (Å²) in [6, 6.07) is 3.14. The van der Waals surface area contributed by atoms with Crippen LogP contribution in [-0.2, 0) is 0 Å².